The Labute approximate surface area is 181 Å². The largest absolute Gasteiger partial charge is 0.465 e. The van der Waals surface area contributed by atoms with Crippen molar-refractivity contribution in [1.82, 2.24) is 15.1 Å². The van der Waals surface area contributed by atoms with Crippen molar-refractivity contribution in [2.75, 3.05) is 27.4 Å². The number of aromatic amines is 1. The van der Waals surface area contributed by atoms with Gasteiger partial charge in [-0.25, -0.2) is 4.79 Å². The topological polar surface area (TPSA) is 84.5 Å². The smallest absolute Gasteiger partial charge is 0.337 e. The normalized spacial score (nSPS) is 15.3. The number of rotatable bonds is 7. The van der Waals surface area contributed by atoms with E-state index >= 15 is 0 Å². The van der Waals surface area contributed by atoms with Gasteiger partial charge in [-0.05, 0) is 31.0 Å². The number of hydrogen-bond donors (Lipinski definition) is 1. The molecule has 1 aliphatic rings. The number of fused-ring (bicyclic) bond motifs is 1. The number of nitrogens with zero attached hydrogens (tertiary/aromatic N) is 2. The molecule has 0 saturated heterocycles. The number of carbonyl (C=O) groups is 2. The first kappa shape index (κ1) is 20.8. The van der Waals surface area contributed by atoms with Crippen molar-refractivity contribution >= 4 is 11.9 Å². The molecule has 0 radical (unpaired) electrons. The Morgan fingerprint density at radius 2 is 1.81 bits per heavy atom. The zero-order chi connectivity index (χ0) is 22.0. The summed E-state index contributed by atoms with van der Waals surface area (Å²) >= 11 is 0. The van der Waals surface area contributed by atoms with Gasteiger partial charge in [0, 0.05) is 31.4 Å². The van der Waals surface area contributed by atoms with Gasteiger partial charge in [-0.3, -0.25) is 9.89 Å². The van der Waals surface area contributed by atoms with Crippen molar-refractivity contribution in [3.8, 4) is 11.3 Å². The van der Waals surface area contributed by atoms with Gasteiger partial charge in [0.2, 0.25) is 0 Å². The Bertz CT molecular complexity index is 1090. The first-order valence-electron chi connectivity index (χ1n) is 10.2. The van der Waals surface area contributed by atoms with Crippen LogP contribution in [-0.4, -0.2) is 54.3 Å². The molecule has 2 aromatic carbocycles. The number of methoxy groups -OCH3 is 2. The Morgan fingerprint density at radius 3 is 2.45 bits per heavy atom. The number of ether oxygens (including phenoxy) is 2. The van der Waals surface area contributed by atoms with Gasteiger partial charge in [-0.1, -0.05) is 42.0 Å². The molecule has 0 saturated carbocycles. The van der Waals surface area contributed by atoms with Gasteiger partial charge >= 0.3 is 5.97 Å². The highest BCUT2D eigenvalue weighted by atomic mass is 16.5. The number of amides is 1. The van der Waals surface area contributed by atoms with E-state index in [0.29, 0.717) is 24.4 Å². The highest BCUT2D eigenvalue weighted by Gasteiger charge is 2.41. The molecule has 3 aromatic rings. The van der Waals surface area contributed by atoms with E-state index in [2.05, 4.69) is 10.2 Å². The monoisotopic (exact) mass is 419 g/mol. The second-order valence-electron chi connectivity index (χ2n) is 7.59. The van der Waals surface area contributed by atoms with Crippen LogP contribution in [0.2, 0.25) is 0 Å². The third-order valence-electron chi connectivity index (χ3n) is 5.58. The van der Waals surface area contributed by atoms with Gasteiger partial charge in [0.1, 0.15) is 5.69 Å². The van der Waals surface area contributed by atoms with Gasteiger partial charge in [0.25, 0.3) is 5.91 Å². The van der Waals surface area contributed by atoms with Crippen LogP contribution in [0.25, 0.3) is 11.3 Å². The highest BCUT2D eigenvalue weighted by Crippen LogP contribution is 2.42. The van der Waals surface area contributed by atoms with E-state index in [1.54, 1.807) is 19.2 Å². The number of carbonyl (C=O) groups excluding carboxylic acids is 2. The summed E-state index contributed by atoms with van der Waals surface area (Å²) in [7, 11) is 3.01. The van der Waals surface area contributed by atoms with Crippen LogP contribution in [-0.2, 0) is 9.47 Å². The molecule has 1 aromatic heterocycles. The lowest BCUT2D eigenvalue weighted by Crippen LogP contribution is -2.31. The van der Waals surface area contributed by atoms with Gasteiger partial charge in [-0.15, -0.1) is 0 Å². The lowest BCUT2D eigenvalue weighted by molar-refractivity contribution is 0.0599. The molecule has 2 heterocycles. The maximum Gasteiger partial charge on any atom is 0.337 e. The van der Waals surface area contributed by atoms with Crippen LogP contribution in [0, 0.1) is 6.92 Å². The van der Waals surface area contributed by atoms with Gasteiger partial charge < -0.3 is 14.4 Å². The second kappa shape index (κ2) is 8.73. The van der Waals surface area contributed by atoms with Crippen molar-refractivity contribution in [3.05, 3.63) is 76.5 Å². The molecule has 1 amide bonds. The summed E-state index contributed by atoms with van der Waals surface area (Å²) in [4.78, 5) is 26.9. The molecule has 7 nitrogen and oxygen atoms in total. The molecule has 0 bridgehead atoms. The summed E-state index contributed by atoms with van der Waals surface area (Å²) in [5.41, 5.74) is 5.61. The molecule has 7 heteroatoms. The molecule has 160 valence electrons. The molecular weight excluding hydrogens is 394 g/mol. The predicted molar refractivity (Wildman–Crippen MR) is 116 cm³/mol. The van der Waals surface area contributed by atoms with Crippen molar-refractivity contribution in [2.24, 2.45) is 0 Å². The van der Waals surface area contributed by atoms with Gasteiger partial charge in [0.05, 0.1) is 24.4 Å². The molecule has 0 aliphatic carbocycles. The zero-order valence-electron chi connectivity index (χ0n) is 17.8. The van der Waals surface area contributed by atoms with Crippen LogP contribution in [0.15, 0.2) is 48.5 Å². The molecule has 1 atom stereocenters. The van der Waals surface area contributed by atoms with Crippen LogP contribution in [0.1, 0.15) is 50.0 Å². The van der Waals surface area contributed by atoms with Crippen molar-refractivity contribution in [2.45, 2.75) is 19.4 Å². The lowest BCUT2D eigenvalue weighted by atomic mass is 9.95. The zero-order valence-corrected chi connectivity index (χ0v) is 17.8. The number of hydrogen-bond acceptors (Lipinski definition) is 5. The van der Waals surface area contributed by atoms with Crippen molar-refractivity contribution < 1.29 is 19.1 Å². The van der Waals surface area contributed by atoms with Crippen LogP contribution in [0.3, 0.4) is 0 Å². The van der Waals surface area contributed by atoms with Crippen LogP contribution >= 0.6 is 0 Å². The van der Waals surface area contributed by atoms with Crippen LogP contribution < -0.4 is 0 Å². The second-order valence-corrected chi connectivity index (χ2v) is 7.59. The minimum atomic E-state index is -0.393. The average Bonchev–Trinajstić information content (AvgIpc) is 3.33. The molecule has 1 aliphatic heterocycles. The van der Waals surface area contributed by atoms with E-state index in [-0.39, 0.29) is 11.9 Å². The Hall–Kier alpha value is -3.45. The third-order valence-corrected chi connectivity index (χ3v) is 5.58. The van der Waals surface area contributed by atoms with E-state index in [9.17, 15) is 9.59 Å². The molecule has 31 heavy (non-hydrogen) atoms. The van der Waals surface area contributed by atoms with Crippen molar-refractivity contribution in [3.63, 3.8) is 0 Å². The standard InChI is InChI=1S/C24H25N3O4/c1-15-5-7-16(8-6-15)20-19-21(26-25-20)23(28)27(13-4-14-30-2)22(19)17-9-11-18(12-10-17)24(29)31-3/h5-12,22H,4,13-14H2,1-3H3,(H,25,26). The predicted octanol–water partition coefficient (Wildman–Crippen LogP) is 3.75. The summed E-state index contributed by atoms with van der Waals surface area (Å²) in [5.74, 6) is -0.477. The van der Waals surface area contributed by atoms with E-state index in [1.165, 1.54) is 7.11 Å². The van der Waals surface area contributed by atoms with E-state index in [4.69, 9.17) is 9.47 Å². The number of aryl methyl sites for hydroxylation is 1. The van der Waals surface area contributed by atoms with Crippen LogP contribution in [0.5, 0.6) is 0 Å². The van der Waals surface area contributed by atoms with E-state index < -0.39 is 5.97 Å². The number of nitrogens with one attached hydrogen (secondary N) is 1. The van der Waals surface area contributed by atoms with E-state index in [1.807, 2.05) is 48.2 Å². The maximum absolute atomic E-state index is 13.2. The van der Waals surface area contributed by atoms with Gasteiger partial charge in [0.15, 0.2) is 0 Å². The number of aromatic nitrogens is 2. The van der Waals surface area contributed by atoms with E-state index in [0.717, 1.165) is 34.4 Å². The number of H-pyrrole nitrogens is 1. The lowest BCUT2D eigenvalue weighted by Gasteiger charge is -2.26. The van der Waals surface area contributed by atoms with Crippen molar-refractivity contribution in [1.29, 1.82) is 0 Å². The molecule has 1 N–H and O–H groups in total. The minimum Gasteiger partial charge on any atom is -0.465 e. The number of benzene rings is 2. The van der Waals surface area contributed by atoms with Crippen LogP contribution in [0.4, 0.5) is 0 Å². The fourth-order valence-corrected chi connectivity index (χ4v) is 4.00. The quantitative estimate of drug-likeness (QED) is 0.466. The fourth-order valence-electron chi connectivity index (χ4n) is 4.00. The molecule has 0 spiro atoms. The summed E-state index contributed by atoms with van der Waals surface area (Å²) in [6.45, 7) is 3.15. The number of esters is 1. The Kier molecular flexibility index (Phi) is 5.86. The summed E-state index contributed by atoms with van der Waals surface area (Å²) in [5, 5.41) is 7.44. The Balaban J connectivity index is 1.78. The maximum atomic E-state index is 13.2. The Morgan fingerprint density at radius 1 is 1.10 bits per heavy atom. The first-order chi connectivity index (χ1) is 15.0. The molecule has 4 rings (SSSR count). The minimum absolute atomic E-state index is 0.0843. The molecule has 1 unspecified atom stereocenters. The summed E-state index contributed by atoms with van der Waals surface area (Å²) < 4.78 is 9.99. The van der Waals surface area contributed by atoms with Gasteiger partial charge in [-0.2, -0.15) is 5.10 Å². The molecule has 0 fully saturated rings. The summed E-state index contributed by atoms with van der Waals surface area (Å²) in [6.07, 6.45) is 0.719. The highest BCUT2D eigenvalue weighted by molar-refractivity contribution is 6.00. The first-order valence-corrected chi connectivity index (χ1v) is 10.2. The summed E-state index contributed by atoms with van der Waals surface area (Å²) in [6, 6.07) is 15.0. The average molecular weight is 419 g/mol. The fraction of sp³-hybridized carbons (Fsp3) is 0.292. The SMILES string of the molecule is COCCCN1C(=O)c2[nH]nc(-c3ccc(C)cc3)c2C1c1ccc(C(=O)OC)cc1. The molecular formula is C24H25N3O4. The third kappa shape index (κ3) is 3.84.